The summed E-state index contributed by atoms with van der Waals surface area (Å²) in [7, 11) is 0. The van der Waals surface area contributed by atoms with Crippen molar-refractivity contribution in [2.45, 2.75) is 52.5 Å². The van der Waals surface area contributed by atoms with Gasteiger partial charge in [-0.25, -0.2) is 0 Å². The van der Waals surface area contributed by atoms with E-state index < -0.39 is 0 Å². The molecular formula is C24H28ClN3O2. The molecule has 0 aliphatic heterocycles. The zero-order valence-electron chi connectivity index (χ0n) is 17.7. The molecule has 0 aliphatic rings. The van der Waals surface area contributed by atoms with Crippen molar-refractivity contribution in [1.29, 1.82) is 0 Å². The fourth-order valence-corrected chi connectivity index (χ4v) is 3.30. The molecule has 1 heterocycles. The average Bonchev–Trinajstić information content (AvgIpc) is 3.20. The van der Waals surface area contributed by atoms with Gasteiger partial charge in [0.15, 0.2) is 0 Å². The average molecular weight is 426 g/mol. The van der Waals surface area contributed by atoms with Crippen LogP contribution in [0, 0.1) is 12.8 Å². The molecule has 1 atom stereocenters. The summed E-state index contributed by atoms with van der Waals surface area (Å²) in [5.41, 5.74) is 3.11. The summed E-state index contributed by atoms with van der Waals surface area (Å²) in [5.74, 6) is 1.47. The van der Waals surface area contributed by atoms with Crippen molar-refractivity contribution in [2.75, 3.05) is 0 Å². The van der Waals surface area contributed by atoms with Crippen LogP contribution in [0.15, 0.2) is 52.9 Å². The van der Waals surface area contributed by atoms with Crippen LogP contribution < -0.4 is 5.32 Å². The molecule has 0 radical (unpaired) electrons. The van der Waals surface area contributed by atoms with E-state index in [2.05, 4.69) is 29.4 Å². The molecule has 30 heavy (non-hydrogen) atoms. The van der Waals surface area contributed by atoms with Crippen molar-refractivity contribution in [1.82, 2.24) is 15.5 Å². The summed E-state index contributed by atoms with van der Waals surface area (Å²) in [6.45, 7) is 6.39. The molecule has 1 N–H and O–H groups in total. The Balaban J connectivity index is 1.58. The summed E-state index contributed by atoms with van der Waals surface area (Å²) < 4.78 is 5.72. The van der Waals surface area contributed by atoms with Gasteiger partial charge in [-0.05, 0) is 55.5 Å². The Morgan fingerprint density at radius 1 is 1.03 bits per heavy atom. The molecule has 0 aliphatic carbocycles. The Labute approximate surface area is 182 Å². The van der Waals surface area contributed by atoms with Crippen molar-refractivity contribution >= 4 is 17.5 Å². The molecule has 158 valence electrons. The van der Waals surface area contributed by atoms with E-state index >= 15 is 0 Å². The SMILES string of the molecule is Cc1ccc(-c2nnc(CCC(=O)NC(CCC(C)C)c3ccc(Cl)cc3)o2)cc1. The van der Waals surface area contributed by atoms with E-state index in [9.17, 15) is 4.79 Å². The molecule has 0 saturated heterocycles. The molecule has 3 aromatic rings. The van der Waals surface area contributed by atoms with Crippen molar-refractivity contribution < 1.29 is 9.21 Å². The van der Waals surface area contributed by atoms with Crippen molar-refractivity contribution in [3.05, 3.63) is 70.6 Å². The molecule has 1 amide bonds. The van der Waals surface area contributed by atoms with Gasteiger partial charge in [0.05, 0.1) is 6.04 Å². The number of rotatable bonds is 9. The van der Waals surface area contributed by atoms with Gasteiger partial charge in [-0.2, -0.15) is 0 Å². The minimum Gasteiger partial charge on any atom is -0.421 e. The van der Waals surface area contributed by atoms with Crippen LogP contribution in [-0.4, -0.2) is 16.1 Å². The lowest BCUT2D eigenvalue weighted by Crippen LogP contribution is -2.29. The van der Waals surface area contributed by atoms with Crippen molar-refractivity contribution in [2.24, 2.45) is 5.92 Å². The van der Waals surface area contributed by atoms with Gasteiger partial charge in [-0.1, -0.05) is 55.3 Å². The van der Waals surface area contributed by atoms with E-state index in [4.69, 9.17) is 16.0 Å². The number of amides is 1. The number of benzene rings is 2. The van der Waals surface area contributed by atoms with Crippen LogP contribution >= 0.6 is 11.6 Å². The number of carbonyl (C=O) groups is 1. The van der Waals surface area contributed by atoms with Crippen LogP contribution in [0.25, 0.3) is 11.5 Å². The predicted molar refractivity (Wildman–Crippen MR) is 119 cm³/mol. The first-order valence-electron chi connectivity index (χ1n) is 10.3. The third-order valence-electron chi connectivity index (χ3n) is 4.97. The van der Waals surface area contributed by atoms with Crippen LogP contribution in [0.4, 0.5) is 0 Å². The molecule has 3 rings (SSSR count). The summed E-state index contributed by atoms with van der Waals surface area (Å²) in [6, 6.07) is 15.5. The fraction of sp³-hybridized carbons (Fsp3) is 0.375. The van der Waals surface area contributed by atoms with Gasteiger partial charge >= 0.3 is 0 Å². The van der Waals surface area contributed by atoms with E-state index in [1.165, 1.54) is 5.56 Å². The van der Waals surface area contributed by atoms with Gasteiger partial charge in [-0.3, -0.25) is 4.79 Å². The van der Waals surface area contributed by atoms with Gasteiger partial charge in [0, 0.05) is 23.4 Å². The van der Waals surface area contributed by atoms with E-state index in [1.807, 2.05) is 55.5 Å². The first-order valence-corrected chi connectivity index (χ1v) is 10.7. The van der Waals surface area contributed by atoms with Gasteiger partial charge in [0.2, 0.25) is 17.7 Å². The van der Waals surface area contributed by atoms with E-state index in [0.717, 1.165) is 24.0 Å². The third-order valence-corrected chi connectivity index (χ3v) is 5.22. The standard InChI is InChI=1S/C24H28ClN3O2/c1-16(2)4-13-21(18-9-11-20(25)12-10-18)26-22(29)14-15-23-27-28-24(30-23)19-7-5-17(3)6-8-19/h5-12,16,21H,4,13-15H2,1-3H3,(H,26,29). The highest BCUT2D eigenvalue weighted by Crippen LogP contribution is 2.23. The molecule has 2 aromatic carbocycles. The normalized spacial score (nSPS) is 12.2. The second-order valence-electron chi connectivity index (χ2n) is 8.01. The maximum atomic E-state index is 12.6. The predicted octanol–water partition coefficient (Wildman–Crippen LogP) is 5.92. The van der Waals surface area contributed by atoms with Gasteiger partial charge < -0.3 is 9.73 Å². The Morgan fingerprint density at radius 3 is 2.40 bits per heavy atom. The number of hydrogen-bond donors (Lipinski definition) is 1. The molecule has 0 bridgehead atoms. The maximum Gasteiger partial charge on any atom is 0.247 e. The number of nitrogens with zero attached hydrogens (tertiary/aromatic N) is 2. The maximum absolute atomic E-state index is 12.6. The molecule has 1 aromatic heterocycles. The number of carbonyl (C=O) groups excluding carboxylic acids is 1. The highest BCUT2D eigenvalue weighted by atomic mass is 35.5. The topological polar surface area (TPSA) is 68.0 Å². The number of hydrogen-bond acceptors (Lipinski definition) is 4. The zero-order chi connectivity index (χ0) is 21.5. The minimum absolute atomic E-state index is 0.0335. The monoisotopic (exact) mass is 425 g/mol. The summed E-state index contributed by atoms with van der Waals surface area (Å²) in [5, 5.41) is 12.0. The number of aromatic nitrogens is 2. The van der Waals surface area contributed by atoms with Crippen LogP contribution in [0.2, 0.25) is 5.02 Å². The smallest absolute Gasteiger partial charge is 0.247 e. The Morgan fingerprint density at radius 2 is 1.73 bits per heavy atom. The van der Waals surface area contributed by atoms with Crippen molar-refractivity contribution in [3.8, 4) is 11.5 Å². The molecule has 6 heteroatoms. The molecule has 0 spiro atoms. The summed E-state index contributed by atoms with van der Waals surface area (Å²) >= 11 is 6.01. The quantitative estimate of drug-likeness (QED) is 0.461. The largest absolute Gasteiger partial charge is 0.421 e. The molecule has 0 fully saturated rings. The number of halogens is 1. The van der Waals surface area contributed by atoms with E-state index in [1.54, 1.807) is 0 Å². The highest BCUT2D eigenvalue weighted by Gasteiger charge is 2.17. The van der Waals surface area contributed by atoms with Crippen LogP contribution in [0.5, 0.6) is 0 Å². The van der Waals surface area contributed by atoms with Gasteiger partial charge in [-0.15, -0.1) is 10.2 Å². The number of aryl methyl sites for hydroxylation is 2. The van der Waals surface area contributed by atoms with Crippen LogP contribution in [-0.2, 0) is 11.2 Å². The third kappa shape index (κ3) is 6.42. The number of nitrogens with one attached hydrogen (secondary N) is 1. The lowest BCUT2D eigenvalue weighted by molar-refractivity contribution is -0.122. The summed E-state index contributed by atoms with van der Waals surface area (Å²) in [4.78, 5) is 12.6. The van der Waals surface area contributed by atoms with Crippen LogP contribution in [0.1, 0.15) is 56.2 Å². The highest BCUT2D eigenvalue weighted by molar-refractivity contribution is 6.30. The Bertz CT molecular complexity index is 949. The van der Waals surface area contributed by atoms with E-state index in [0.29, 0.717) is 35.6 Å². The Kier molecular flexibility index (Phi) is 7.63. The van der Waals surface area contributed by atoms with Gasteiger partial charge in [0.25, 0.3) is 0 Å². The lowest BCUT2D eigenvalue weighted by Gasteiger charge is -2.20. The molecule has 5 nitrogen and oxygen atoms in total. The lowest BCUT2D eigenvalue weighted by atomic mass is 9.97. The second-order valence-corrected chi connectivity index (χ2v) is 8.45. The molecular weight excluding hydrogens is 398 g/mol. The second kappa shape index (κ2) is 10.4. The summed E-state index contributed by atoms with van der Waals surface area (Å²) in [6.07, 6.45) is 2.60. The first-order chi connectivity index (χ1) is 14.4. The Hall–Kier alpha value is -2.66. The van der Waals surface area contributed by atoms with Crippen LogP contribution in [0.3, 0.4) is 0 Å². The minimum atomic E-state index is -0.0389. The molecule has 0 saturated carbocycles. The molecule has 1 unspecified atom stereocenters. The van der Waals surface area contributed by atoms with E-state index in [-0.39, 0.29) is 11.9 Å². The first kappa shape index (κ1) is 22.0. The zero-order valence-corrected chi connectivity index (χ0v) is 18.4. The van der Waals surface area contributed by atoms with Crippen molar-refractivity contribution in [3.63, 3.8) is 0 Å². The van der Waals surface area contributed by atoms with Gasteiger partial charge in [0.1, 0.15) is 0 Å². The fourth-order valence-electron chi connectivity index (χ4n) is 3.17.